The third-order valence-corrected chi connectivity index (χ3v) is 4.87. The minimum Gasteiger partial charge on any atom is -0.333 e. The number of piperazine rings is 1. The van der Waals surface area contributed by atoms with Crippen molar-refractivity contribution in [3.8, 4) is 0 Å². The van der Waals surface area contributed by atoms with Crippen LogP contribution in [0.3, 0.4) is 0 Å². The highest BCUT2D eigenvalue weighted by Crippen LogP contribution is 2.14. The second-order valence-corrected chi connectivity index (χ2v) is 6.67. The highest BCUT2D eigenvalue weighted by molar-refractivity contribution is 7.89. The molecule has 1 atom stereocenters. The van der Waals surface area contributed by atoms with E-state index in [1.54, 1.807) is 17.0 Å². The number of hydrogen-bond acceptors (Lipinski definition) is 4. The molecule has 2 N–H and O–H groups in total. The van der Waals surface area contributed by atoms with Gasteiger partial charge < -0.3 is 10.2 Å². The number of amides is 1. The summed E-state index contributed by atoms with van der Waals surface area (Å²) in [7, 11) is -2.10. The number of hydrogen-bond donors (Lipinski definition) is 2. The molecule has 1 fully saturated rings. The highest BCUT2D eigenvalue weighted by Gasteiger charge is 2.24. The molecule has 0 aromatic heterocycles. The van der Waals surface area contributed by atoms with Gasteiger partial charge in [0.15, 0.2) is 0 Å². The summed E-state index contributed by atoms with van der Waals surface area (Å²) in [5, 5.41) is 3.23. The van der Waals surface area contributed by atoms with Crippen LogP contribution >= 0.6 is 12.4 Å². The van der Waals surface area contributed by atoms with Crippen molar-refractivity contribution < 1.29 is 13.2 Å². The Morgan fingerprint density at radius 3 is 2.48 bits per heavy atom. The molecule has 0 aliphatic carbocycles. The topological polar surface area (TPSA) is 78.5 Å². The van der Waals surface area contributed by atoms with Gasteiger partial charge in [0, 0.05) is 31.2 Å². The van der Waals surface area contributed by atoms with Crippen molar-refractivity contribution in [1.29, 1.82) is 0 Å². The van der Waals surface area contributed by atoms with Gasteiger partial charge in [0.25, 0.3) is 5.91 Å². The zero-order valence-electron chi connectivity index (χ0n) is 12.0. The van der Waals surface area contributed by atoms with Crippen molar-refractivity contribution in [2.24, 2.45) is 0 Å². The van der Waals surface area contributed by atoms with Crippen molar-refractivity contribution in [2.75, 3.05) is 26.7 Å². The van der Waals surface area contributed by atoms with Crippen LogP contribution in [0.5, 0.6) is 0 Å². The molecule has 2 rings (SSSR count). The van der Waals surface area contributed by atoms with Crippen LogP contribution in [0.15, 0.2) is 29.2 Å². The van der Waals surface area contributed by atoms with E-state index in [0.29, 0.717) is 12.1 Å². The SMILES string of the molecule is CNS(=O)(=O)c1ccc(C(=O)N2CCNC[C@H]2C)cc1.Cl. The molecule has 0 saturated carbocycles. The number of halogens is 1. The number of sulfonamides is 1. The number of nitrogens with zero attached hydrogens (tertiary/aromatic N) is 1. The first kappa shape index (κ1) is 17.9. The van der Waals surface area contributed by atoms with Gasteiger partial charge in [-0.3, -0.25) is 4.79 Å². The van der Waals surface area contributed by atoms with Crippen molar-refractivity contribution in [3.63, 3.8) is 0 Å². The fourth-order valence-electron chi connectivity index (χ4n) is 2.20. The Bertz CT molecular complexity index is 589. The number of carbonyl (C=O) groups excluding carboxylic acids is 1. The van der Waals surface area contributed by atoms with Crippen LogP contribution in [-0.2, 0) is 10.0 Å². The molecular formula is C13H20ClN3O3S. The molecule has 1 amide bonds. The van der Waals surface area contributed by atoms with E-state index in [2.05, 4.69) is 10.0 Å². The maximum absolute atomic E-state index is 12.4. The van der Waals surface area contributed by atoms with Crippen LogP contribution < -0.4 is 10.0 Å². The zero-order chi connectivity index (χ0) is 14.8. The van der Waals surface area contributed by atoms with Crippen LogP contribution in [0.2, 0.25) is 0 Å². The molecule has 0 unspecified atom stereocenters. The van der Waals surface area contributed by atoms with Crippen molar-refractivity contribution in [2.45, 2.75) is 17.9 Å². The predicted octanol–water partition coefficient (Wildman–Crippen LogP) is 0.450. The Hall–Kier alpha value is -1.15. The first-order valence-corrected chi connectivity index (χ1v) is 7.99. The summed E-state index contributed by atoms with van der Waals surface area (Å²) in [6.45, 7) is 4.21. The van der Waals surface area contributed by atoms with E-state index in [0.717, 1.165) is 13.1 Å². The normalized spacial score (nSPS) is 19.0. The van der Waals surface area contributed by atoms with Crippen LogP contribution in [0.25, 0.3) is 0 Å². The number of benzene rings is 1. The predicted molar refractivity (Wildman–Crippen MR) is 83.3 cm³/mol. The van der Waals surface area contributed by atoms with E-state index in [9.17, 15) is 13.2 Å². The minimum atomic E-state index is -3.46. The summed E-state index contributed by atoms with van der Waals surface area (Å²) in [5.41, 5.74) is 0.508. The van der Waals surface area contributed by atoms with Gasteiger partial charge in [0.05, 0.1) is 4.90 Å². The molecule has 21 heavy (non-hydrogen) atoms. The Kier molecular flexibility index (Phi) is 6.15. The Morgan fingerprint density at radius 2 is 1.95 bits per heavy atom. The highest BCUT2D eigenvalue weighted by atomic mass is 35.5. The lowest BCUT2D eigenvalue weighted by atomic mass is 10.1. The lowest BCUT2D eigenvalue weighted by Crippen LogP contribution is -2.52. The van der Waals surface area contributed by atoms with Gasteiger partial charge in [-0.15, -0.1) is 12.4 Å². The Labute approximate surface area is 131 Å². The number of nitrogens with one attached hydrogen (secondary N) is 2. The average molecular weight is 334 g/mol. The molecule has 6 nitrogen and oxygen atoms in total. The third kappa shape index (κ3) is 3.94. The van der Waals surface area contributed by atoms with Gasteiger partial charge in [-0.25, -0.2) is 13.1 Å². The van der Waals surface area contributed by atoms with Gasteiger partial charge in [-0.2, -0.15) is 0 Å². The van der Waals surface area contributed by atoms with Crippen LogP contribution in [0.1, 0.15) is 17.3 Å². The Morgan fingerprint density at radius 1 is 1.33 bits per heavy atom. The molecule has 1 aliphatic heterocycles. The Balaban J connectivity index is 0.00000220. The van der Waals surface area contributed by atoms with Gasteiger partial charge in [-0.1, -0.05) is 0 Å². The fourth-order valence-corrected chi connectivity index (χ4v) is 2.93. The first-order chi connectivity index (χ1) is 9.45. The molecular weight excluding hydrogens is 314 g/mol. The van der Waals surface area contributed by atoms with Gasteiger partial charge >= 0.3 is 0 Å². The monoisotopic (exact) mass is 333 g/mol. The van der Waals surface area contributed by atoms with E-state index in [1.807, 2.05) is 6.92 Å². The summed E-state index contributed by atoms with van der Waals surface area (Å²) in [5.74, 6) is -0.0626. The van der Waals surface area contributed by atoms with E-state index >= 15 is 0 Å². The fraction of sp³-hybridized carbons (Fsp3) is 0.462. The van der Waals surface area contributed by atoms with Crippen molar-refractivity contribution >= 4 is 28.3 Å². The molecule has 1 aliphatic rings. The number of rotatable bonds is 3. The summed E-state index contributed by atoms with van der Waals surface area (Å²) in [4.78, 5) is 14.3. The second kappa shape index (κ2) is 7.22. The van der Waals surface area contributed by atoms with E-state index in [4.69, 9.17) is 0 Å². The molecule has 1 aromatic carbocycles. The van der Waals surface area contributed by atoms with Gasteiger partial charge in [0.1, 0.15) is 0 Å². The van der Waals surface area contributed by atoms with Gasteiger partial charge in [0.2, 0.25) is 10.0 Å². The molecule has 118 valence electrons. The van der Waals surface area contributed by atoms with Crippen LogP contribution in [0, 0.1) is 0 Å². The molecule has 1 aromatic rings. The summed E-state index contributed by atoms with van der Waals surface area (Å²) < 4.78 is 25.5. The van der Waals surface area contributed by atoms with Crippen LogP contribution in [0.4, 0.5) is 0 Å². The minimum absolute atomic E-state index is 0. The quantitative estimate of drug-likeness (QED) is 0.842. The summed E-state index contributed by atoms with van der Waals surface area (Å²) in [6.07, 6.45) is 0. The first-order valence-electron chi connectivity index (χ1n) is 6.51. The smallest absolute Gasteiger partial charge is 0.254 e. The number of carbonyl (C=O) groups is 1. The summed E-state index contributed by atoms with van der Waals surface area (Å²) in [6, 6.07) is 6.15. The molecule has 8 heteroatoms. The molecule has 1 saturated heterocycles. The maximum Gasteiger partial charge on any atom is 0.254 e. The molecule has 0 bridgehead atoms. The molecule has 0 radical (unpaired) electrons. The zero-order valence-corrected chi connectivity index (χ0v) is 13.6. The van der Waals surface area contributed by atoms with E-state index in [1.165, 1.54) is 19.2 Å². The van der Waals surface area contributed by atoms with E-state index in [-0.39, 0.29) is 29.3 Å². The van der Waals surface area contributed by atoms with Gasteiger partial charge in [-0.05, 0) is 38.2 Å². The second-order valence-electron chi connectivity index (χ2n) is 4.78. The average Bonchev–Trinajstić information content (AvgIpc) is 2.47. The van der Waals surface area contributed by atoms with E-state index < -0.39 is 10.0 Å². The molecule has 1 heterocycles. The van der Waals surface area contributed by atoms with Crippen molar-refractivity contribution in [3.05, 3.63) is 29.8 Å². The lowest BCUT2D eigenvalue weighted by molar-refractivity contribution is 0.0655. The van der Waals surface area contributed by atoms with Crippen molar-refractivity contribution in [1.82, 2.24) is 14.9 Å². The maximum atomic E-state index is 12.4. The molecule has 0 spiro atoms. The third-order valence-electron chi connectivity index (χ3n) is 3.44. The summed E-state index contributed by atoms with van der Waals surface area (Å²) >= 11 is 0. The standard InChI is InChI=1S/C13H19N3O3S.ClH/c1-10-9-15-7-8-16(10)13(17)11-3-5-12(6-4-11)20(18,19)14-2;/h3-6,10,14-15H,7-9H2,1-2H3;1H/t10-;/m1./s1. The largest absolute Gasteiger partial charge is 0.333 e. The lowest BCUT2D eigenvalue weighted by Gasteiger charge is -2.34. The van der Waals surface area contributed by atoms with Crippen LogP contribution in [-0.4, -0.2) is 51.9 Å².